The van der Waals surface area contributed by atoms with Crippen LogP contribution in [0.1, 0.15) is 11.7 Å². The molecule has 0 spiro atoms. The van der Waals surface area contributed by atoms with Crippen molar-refractivity contribution in [2.45, 2.75) is 12.6 Å². The molecule has 1 aromatic heterocycles. The highest BCUT2D eigenvalue weighted by atomic mass is 16.6. The standard InChI is InChI=1S/C16H13N3O4/c20-15(11-4-2-1-3-5-11)9-18-10-17-14-7-6-12(19(22)23)8-13(14)16(18)21/h1-8,10,15,20H,9H2. The van der Waals surface area contributed by atoms with Crippen LogP contribution in [0.4, 0.5) is 5.69 Å². The molecule has 1 unspecified atom stereocenters. The molecule has 0 bridgehead atoms. The molecule has 0 saturated carbocycles. The highest BCUT2D eigenvalue weighted by Gasteiger charge is 2.13. The average molecular weight is 311 g/mol. The third kappa shape index (κ3) is 2.95. The van der Waals surface area contributed by atoms with Gasteiger partial charge in [-0.3, -0.25) is 19.5 Å². The van der Waals surface area contributed by atoms with Crippen LogP contribution < -0.4 is 5.56 Å². The molecule has 0 radical (unpaired) electrons. The summed E-state index contributed by atoms with van der Waals surface area (Å²) in [5.74, 6) is 0. The van der Waals surface area contributed by atoms with Gasteiger partial charge in [-0.2, -0.15) is 0 Å². The van der Waals surface area contributed by atoms with Gasteiger partial charge in [-0.25, -0.2) is 4.98 Å². The van der Waals surface area contributed by atoms with Crippen molar-refractivity contribution in [3.8, 4) is 0 Å². The zero-order valence-corrected chi connectivity index (χ0v) is 12.0. The molecule has 0 aliphatic rings. The summed E-state index contributed by atoms with van der Waals surface area (Å²) in [5.41, 5.74) is 0.469. The largest absolute Gasteiger partial charge is 0.387 e. The molecule has 2 aromatic carbocycles. The summed E-state index contributed by atoms with van der Waals surface area (Å²) in [4.78, 5) is 26.9. The smallest absolute Gasteiger partial charge is 0.270 e. The Hall–Kier alpha value is -3.06. The van der Waals surface area contributed by atoms with E-state index in [2.05, 4.69) is 4.98 Å². The number of nitro benzene ring substituents is 1. The number of hydrogen-bond acceptors (Lipinski definition) is 5. The van der Waals surface area contributed by atoms with Gasteiger partial charge in [0.1, 0.15) is 0 Å². The molecule has 3 rings (SSSR count). The summed E-state index contributed by atoms with van der Waals surface area (Å²) in [6, 6.07) is 12.9. The van der Waals surface area contributed by atoms with Crippen LogP contribution in [0.3, 0.4) is 0 Å². The second kappa shape index (κ2) is 5.98. The van der Waals surface area contributed by atoms with Crippen molar-refractivity contribution in [1.82, 2.24) is 9.55 Å². The van der Waals surface area contributed by atoms with Gasteiger partial charge in [0.05, 0.1) is 34.8 Å². The molecule has 116 valence electrons. The maximum Gasteiger partial charge on any atom is 0.270 e. The van der Waals surface area contributed by atoms with Gasteiger partial charge >= 0.3 is 0 Å². The zero-order chi connectivity index (χ0) is 16.4. The van der Waals surface area contributed by atoms with E-state index in [0.717, 1.165) is 0 Å². The Bertz CT molecular complexity index is 922. The average Bonchev–Trinajstić information content (AvgIpc) is 2.58. The van der Waals surface area contributed by atoms with Crippen molar-refractivity contribution in [3.63, 3.8) is 0 Å². The number of nitro groups is 1. The molecule has 1 atom stereocenters. The van der Waals surface area contributed by atoms with Crippen LogP contribution >= 0.6 is 0 Å². The lowest BCUT2D eigenvalue weighted by atomic mass is 10.1. The number of rotatable bonds is 4. The third-order valence-corrected chi connectivity index (χ3v) is 3.57. The van der Waals surface area contributed by atoms with Gasteiger partial charge in [-0.1, -0.05) is 30.3 Å². The molecule has 1 heterocycles. The van der Waals surface area contributed by atoms with Crippen molar-refractivity contribution in [2.75, 3.05) is 0 Å². The Morgan fingerprint density at radius 1 is 1.22 bits per heavy atom. The number of aliphatic hydroxyl groups excluding tert-OH is 1. The Kier molecular flexibility index (Phi) is 3.86. The molecule has 0 saturated heterocycles. The summed E-state index contributed by atoms with van der Waals surface area (Å²) in [6.45, 7) is 0.0223. The Labute approximate surface area is 130 Å². The van der Waals surface area contributed by atoms with Crippen molar-refractivity contribution in [1.29, 1.82) is 0 Å². The topological polar surface area (TPSA) is 98.3 Å². The fraction of sp³-hybridized carbons (Fsp3) is 0.125. The number of benzene rings is 2. The monoisotopic (exact) mass is 311 g/mol. The zero-order valence-electron chi connectivity index (χ0n) is 12.0. The maximum atomic E-state index is 12.5. The van der Waals surface area contributed by atoms with Gasteiger partial charge in [-0.05, 0) is 11.6 Å². The number of aromatic nitrogens is 2. The van der Waals surface area contributed by atoms with E-state index < -0.39 is 16.6 Å². The lowest BCUT2D eigenvalue weighted by Crippen LogP contribution is -2.23. The molecule has 0 fully saturated rings. The molecule has 23 heavy (non-hydrogen) atoms. The van der Waals surface area contributed by atoms with Gasteiger partial charge in [0, 0.05) is 12.1 Å². The highest BCUT2D eigenvalue weighted by Crippen LogP contribution is 2.17. The molecule has 0 amide bonds. The molecule has 7 heteroatoms. The number of non-ortho nitro benzene ring substituents is 1. The van der Waals surface area contributed by atoms with E-state index in [1.54, 1.807) is 24.3 Å². The van der Waals surface area contributed by atoms with Crippen LogP contribution in [0.2, 0.25) is 0 Å². The molecule has 0 aliphatic heterocycles. The van der Waals surface area contributed by atoms with Gasteiger partial charge in [0.25, 0.3) is 11.2 Å². The second-order valence-corrected chi connectivity index (χ2v) is 5.09. The lowest BCUT2D eigenvalue weighted by molar-refractivity contribution is -0.384. The van der Waals surface area contributed by atoms with Crippen molar-refractivity contribution in [3.05, 3.63) is 80.9 Å². The number of aliphatic hydroxyl groups is 1. The summed E-state index contributed by atoms with van der Waals surface area (Å²) in [6.07, 6.45) is 0.467. The van der Waals surface area contributed by atoms with Crippen LogP contribution in [0.5, 0.6) is 0 Å². The van der Waals surface area contributed by atoms with Crippen LogP contribution in [0.15, 0.2) is 59.7 Å². The van der Waals surface area contributed by atoms with E-state index in [-0.39, 0.29) is 17.6 Å². The minimum atomic E-state index is -0.869. The summed E-state index contributed by atoms with van der Waals surface area (Å²) >= 11 is 0. The first-order valence-corrected chi connectivity index (χ1v) is 6.93. The minimum absolute atomic E-state index is 0.0223. The number of fused-ring (bicyclic) bond motifs is 1. The Balaban J connectivity index is 2.00. The molecular formula is C16H13N3O4. The van der Waals surface area contributed by atoms with Crippen LogP contribution in [-0.2, 0) is 6.54 Å². The van der Waals surface area contributed by atoms with Crippen LogP contribution in [-0.4, -0.2) is 19.6 Å². The normalized spacial score (nSPS) is 12.2. The van der Waals surface area contributed by atoms with Gasteiger partial charge in [0.15, 0.2) is 0 Å². The quantitative estimate of drug-likeness (QED) is 0.587. The second-order valence-electron chi connectivity index (χ2n) is 5.09. The number of nitrogens with zero attached hydrogens (tertiary/aromatic N) is 3. The van der Waals surface area contributed by atoms with Gasteiger partial charge in [-0.15, -0.1) is 0 Å². The predicted octanol–water partition coefficient (Wildman–Crippen LogP) is 2.04. The van der Waals surface area contributed by atoms with E-state index in [1.165, 1.54) is 29.1 Å². The van der Waals surface area contributed by atoms with Crippen LogP contribution in [0, 0.1) is 10.1 Å². The highest BCUT2D eigenvalue weighted by molar-refractivity contribution is 5.79. The van der Waals surface area contributed by atoms with Crippen molar-refractivity contribution >= 4 is 16.6 Å². The third-order valence-electron chi connectivity index (χ3n) is 3.57. The molecule has 1 N–H and O–H groups in total. The predicted molar refractivity (Wildman–Crippen MR) is 84.1 cm³/mol. The SMILES string of the molecule is O=c1c2cc([N+](=O)[O-])ccc2ncn1CC(O)c1ccccc1. The van der Waals surface area contributed by atoms with Crippen molar-refractivity contribution < 1.29 is 10.0 Å². The van der Waals surface area contributed by atoms with E-state index in [9.17, 15) is 20.0 Å². The van der Waals surface area contributed by atoms with E-state index in [4.69, 9.17) is 0 Å². The first kappa shape index (κ1) is 14.9. The van der Waals surface area contributed by atoms with Gasteiger partial charge in [0.2, 0.25) is 0 Å². The van der Waals surface area contributed by atoms with E-state index in [1.807, 2.05) is 6.07 Å². The summed E-state index contributed by atoms with van der Waals surface area (Å²) in [5, 5.41) is 21.2. The first-order valence-electron chi connectivity index (χ1n) is 6.93. The Morgan fingerprint density at radius 2 is 1.96 bits per heavy atom. The summed E-state index contributed by atoms with van der Waals surface area (Å²) < 4.78 is 1.25. The molecule has 3 aromatic rings. The molecule has 0 aliphatic carbocycles. The molecular weight excluding hydrogens is 298 g/mol. The summed E-state index contributed by atoms with van der Waals surface area (Å²) in [7, 11) is 0. The minimum Gasteiger partial charge on any atom is -0.387 e. The first-order chi connectivity index (χ1) is 11.1. The van der Waals surface area contributed by atoms with E-state index >= 15 is 0 Å². The van der Waals surface area contributed by atoms with E-state index in [0.29, 0.717) is 11.1 Å². The maximum absolute atomic E-state index is 12.5. The van der Waals surface area contributed by atoms with Crippen LogP contribution in [0.25, 0.3) is 10.9 Å². The fourth-order valence-corrected chi connectivity index (χ4v) is 2.36. The lowest BCUT2D eigenvalue weighted by Gasteiger charge is -2.13. The number of hydrogen-bond donors (Lipinski definition) is 1. The van der Waals surface area contributed by atoms with Crippen molar-refractivity contribution in [2.24, 2.45) is 0 Å². The molecule has 7 nitrogen and oxygen atoms in total. The fourth-order valence-electron chi connectivity index (χ4n) is 2.36. The van der Waals surface area contributed by atoms with Gasteiger partial charge < -0.3 is 5.11 Å². The Morgan fingerprint density at radius 3 is 2.65 bits per heavy atom.